The van der Waals surface area contributed by atoms with Gasteiger partial charge in [0, 0.05) is 11.4 Å². The van der Waals surface area contributed by atoms with Crippen molar-refractivity contribution in [3.8, 4) is 0 Å². The highest BCUT2D eigenvalue weighted by atomic mass is 14.9. The zero-order valence-corrected chi connectivity index (χ0v) is 21.8. The molecule has 0 saturated heterocycles. The van der Waals surface area contributed by atoms with Gasteiger partial charge in [-0.2, -0.15) is 0 Å². The van der Waals surface area contributed by atoms with Crippen molar-refractivity contribution < 1.29 is 0 Å². The molecule has 184 valence electrons. The third kappa shape index (κ3) is 13.5. The van der Waals surface area contributed by atoms with E-state index in [1.54, 1.807) is 0 Å². The summed E-state index contributed by atoms with van der Waals surface area (Å²) in [6, 6.07) is 18.1. The summed E-state index contributed by atoms with van der Waals surface area (Å²) in [5, 5.41) is 3.56. The highest BCUT2D eigenvalue weighted by Gasteiger charge is 1.99. The minimum absolute atomic E-state index is 1.18. The molecule has 33 heavy (non-hydrogen) atoms. The predicted molar refractivity (Wildman–Crippen MR) is 149 cm³/mol. The van der Waals surface area contributed by atoms with Gasteiger partial charge in [-0.05, 0) is 61.1 Å². The first kappa shape index (κ1) is 27.5. The molecule has 0 unspecified atom stereocenters. The third-order valence-corrected chi connectivity index (χ3v) is 6.83. The molecule has 1 heteroatoms. The summed E-state index contributed by atoms with van der Waals surface area (Å²) in [6.07, 6.45) is 24.7. The maximum absolute atomic E-state index is 3.56. The molecule has 0 atom stereocenters. The number of aryl methyl sites for hydroxylation is 2. The minimum Gasteiger partial charge on any atom is -0.356 e. The molecule has 0 aliphatic carbocycles. The lowest BCUT2D eigenvalue weighted by atomic mass is 10.0. The standard InChI is InChI=1S/C32H51N/c1-3-5-7-9-11-12-13-14-16-18-20-30-23-27-32(28-24-30)33-31-25-21-29(22-26-31)19-17-15-10-8-6-4-2/h21-28,33H,3-20H2,1-2H3. The van der Waals surface area contributed by atoms with Crippen LogP contribution in [0.5, 0.6) is 0 Å². The molecule has 2 aromatic rings. The van der Waals surface area contributed by atoms with Crippen LogP contribution in [0.1, 0.15) is 128 Å². The van der Waals surface area contributed by atoms with Crippen LogP contribution in [0.15, 0.2) is 48.5 Å². The fourth-order valence-corrected chi connectivity index (χ4v) is 4.60. The van der Waals surface area contributed by atoms with Crippen molar-refractivity contribution >= 4 is 11.4 Å². The Kier molecular flexibility index (Phi) is 15.5. The van der Waals surface area contributed by atoms with Crippen LogP contribution in [-0.4, -0.2) is 0 Å². The molecule has 0 saturated carbocycles. The Balaban J connectivity index is 1.56. The maximum atomic E-state index is 3.56. The Morgan fingerprint density at radius 3 is 1.03 bits per heavy atom. The highest BCUT2D eigenvalue weighted by molar-refractivity contribution is 5.60. The molecule has 0 aromatic heterocycles. The predicted octanol–water partition coefficient (Wildman–Crippen LogP) is 10.8. The Morgan fingerprint density at radius 2 is 0.697 bits per heavy atom. The first-order valence-corrected chi connectivity index (χ1v) is 14.3. The van der Waals surface area contributed by atoms with Gasteiger partial charge in [0.15, 0.2) is 0 Å². The van der Waals surface area contributed by atoms with Crippen LogP contribution in [0.3, 0.4) is 0 Å². The molecular weight excluding hydrogens is 398 g/mol. The molecule has 0 radical (unpaired) electrons. The fraction of sp³-hybridized carbons (Fsp3) is 0.625. The number of rotatable bonds is 20. The molecule has 0 amide bonds. The van der Waals surface area contributed by atoms with Crippen LogP contribution in [0.25, 0.3) is 0 Å². The normalized spacial score (nSPS) is 11.1. The van der Waals surface area contributed by atoms with Gasteiger partial charge in [0.05, 0.1) is 0 Å². The van der Waals surface area contributed by atoms with Gasteiger partial charge in [-0.25, -0.2) is 0 Å². The molecular formula is C32H51N. The van der Waals surface area contributed by atoms with Crippen molar-refractivity contribution in [1.29, 1.82) is 0 Å². The maximum Gasteiger partial charge on any atom is 0.0384 e. The third-order valence-electron chi connectivity index (χ3n) is 6.83. The zero-order valence-electron chi connectivity index (χ0n) is 21.8. The zero-order chi connectivity index (χ0) is 23.4. The number of hydrogen-bond donors (Lipinski definition) is 1. The molecule has 2 aromatic carbocycles. The Morgan fingerprint density at radius 1 is 0.394 bits per heavy atom. The molecule has 0 fully saturated rings. The Bertz CT molecular complexity index is 685. The Hall–Kier alpha value is -1.76. The Labute approximate surface area is 205 Å². The van der Waals surface area contributed by atoms with Crippen molar-refractivity contribution in [3.63, 3.8) is 0 Å². The van der Waals surface area contributed by atoms with Gasteiger partial charge in [-0.15, -0.1) is 0 Å². The molecule has 0 spiro atoms. The van der Waals surface area contributed by atoms with Crippen molar-refractivity contribution in [2.75, 3.05) is 5.32 Å². The lowest BCUT2D eigenvalue weighted by Crippen LogP contribution is -1.93. The van der Waals surface area contributed by atoms with Crippen LogP contribution < -0.4 is 5.32 Å². The van der Waals surface area contributed by atoms with Crippen LogP contribution in [0, 0.1) is 0 Å². The lowest BCUT2D eigenvalue weighted by molar-refractivity contribution is 0.556. The summed E-state index contributed by atoms with van der Waals surface area (Å²) in [5.41, 5.74) is 5.30. The smallest absolute Gasteiger partial charge is 0.0384 e. The van der Waals surface area contributed by atoms with E-state index >= 15 is 0 Å². The second-order valence-corrected chi connectivity index (χ2v) is 9.97. The van der Waals surface area contributed by atoms with Crippen molar-refractivity contribution in [1.82, 2.24) is 0 Å². The van der Waals surface area contributed by atoms with Crippen molar-refractivity contribution in [2.45, 2.75) is 129 Å². The van der Waals surface area contributed by atoms with Gasteiger partial charge < -0.3 is 5.32 Å². The molecule has 0 heterocycles. The summed E-state index contributed by atoms with van der Waals surface area (Å²) in [4.78, 5) is 0. The number of hydrogen-bond acceptors (Lipinski definition) is 1. The van der Waals surface area contributed by atoms with Gasteiger partial charge in [0.2, 0.25) is 0 Å². The van der Waals surface area contributed by atoms with E-state index < -0.39 is 0 Å². The van der Waals surface area contributed by atoms with Crippen LogP contribution in [-0.2, 0) is 12.8 Å². The monoisotopic (exact) mass is 449 g/mol. The van der Waals surface area contributed by atoms with Gasteiger partial charge >= 0.3 is 0 Å². The van der Waals surface area contributed by atoms with Gasteiger partial charge in [0.1, 0.15) is 0 Å². The summed E-state index contributed by atoms with van der Waals surface area (Å²) >= 11 is 0. The van der Waals surface area contributed by atoms with E-state index in [0.29, 0.717) is 0 Å². The number of benzene rings is 2. The van der Waals surface area contributed by atoms with Crippen LogP contribution >= 0.6 is 0 Å². The molecule has 0 bridgehead atoms. The largest absolute Gasteiger partial charge is 0.356 e. The highest BCUT2D eigenvalue weighted by Crippen LogP contribution is 2.20. The molecule has 0 aliphatic rings. The van der Waals surface area contributed by atoms with Gasteiger partial charge in [-0.3, -0.25) is 0 Å². The number of nitrogens with one attached hydrogen (secondary N) is 1. The average Bonchev–Trinajstić information content (AvgIpc) is 2.84. The summed E-state index contributed by atoms with van der Waals surface area (Å²) in [5.74, 6) is 0. The van der Waals surface area contributed by atoms with Crippen molar-refractivity contribution in [3.05, 3.63) is 59.7 Å². The second-order valence-electron chi connectivity index (χ2n) is 9.97. The molecule has 0 aliphatic heterocycles. The van der Waals surface area contributed by atoms with E-state index in [0.717, 1.165) is 0 Å². The van der Waals surface area contributed by atoms with E-state index in [2.05, 4.69) is 67.7 Å². The van der Waals surface area contributed by atoms with Crippen LogP contribution in [0.2, 0.25) is 0 Å². The van der Waals surface area contributed by atoms with E-state index in [1.165, 1.54) is 138 Å². The summed E-state index contributed by atoms with van der Waals surface area (Å²) in [7, 11) is 0. The second kappa shape index (κ2) is 18.6. The SMILES string of the molecule is CCCCCCCCCCCCc1ccc(Nc2ccc(CCCCCCCC)cc2)cc1. The quantitative estimate of drug-likeness (QED) is 0.198. The number of anilines is 2. The van der Waals surface area contributed by atoms with E-state index in [1.807, 2.05) is 0 Å². The lowest BCUT2D eigenvalue weighted by Gasteiger charge is -2.09. The van der Waals surface area contributed by atoms with Crippen molar-refractivity contribution in [2.24, 2.45) is 0 Å². The van der Waals surface area contributed by atoms with Gasteiger partial charge in [-0.1, -0.05) is 128 Å². The average molecular weight is 450 g/mol. The summed E-state index contributed by atoms with van der Waals surface area (Å²) in [6.45, 7) is 4.57. The van der Waals surface area contributed by atoms with E-state index in [4.69, 9.17) is 0 Å². The van der Waals surface area contributed by atoms with E-state index in [-0.39, 0.29) is 0 Å². The first-order chi connectivity index (χ1) is 16.3. The van der Waals surface area contributed by atoms with Gasteiger partial charge in [0.25, 0.3) is 0 Å². The van der Waals surface area contributed by atoms with Crippen LogP contribution in [0.4, 0.5) is 11.4 Å². The summed E-state index contributed by atoms with van der Waals surface area (Å²) < 4.78 is 0. The van der Waals surface area contributed by atoms with E-state index in [9.17, 15) is 0 Å². The molecule has 1 N–H and O–H groups in total. The fourth-order valence-electron chi connectivity index (χ4n) is 4.60. The number of unbranched alkanes of at least 4 members (excludes halogenated alkanes) is 14. The molecule has 2 rings (SSSR count). The first-order valence-electron chi connectivity index (χ1n) is 14.3. The minimum atomic E-state index is 1.18. The topological polar surface area (TPSA) is 12.0 Å². The molecule has 1 nitrogen and oxygen atoms in total.